The summed E-state index contributed by atoms with van der Waals surface area (Å²) in [4.78, 5) is 3.39. The fourth-order valence-electron chi connectivity index (χ4n) is 0.781. The number of aliphatic imine (C=N–C) groups is 1. The second kappa shape index (κ2) is 2.97. The van der Waals surface area contributed by atoms with Gasteiger partial charge in [-0.15, -0.1) is 0 Å². The predicted molar refractivity (Wildman–Crippen MR) is 40.7 cm³/mol. The highest BCUT2D eigenvalue weighted by atomic mass is 19.4. The normalized spacial score (nSPS) is 11.2. The monoisotopic (exact) mass is 173 g/mol. The molecule has 0 fully saturated rings. The van der Waals surface area contributed by atoms with Gasteiger partial charge in [-0.3, -0.25) is 4.99 Å². The smallest absolute Gasteiger partial charge is 0.265 e. The lowest BCUT2D eigenvalue weighted by molar-refractivity contribution is -0.137. The first kappa shape index (κ1) is 8.77. The van der Waals surface area contributed by atoms with Crippen molar-refractivity contribution in [2.75, 3.05) is 0 Å². The Balaban J connectivity index is 3.10. The average molecular weight is 173 g/mol. The second-order valence-corrected chi connectivity index (χ2v) is 2.21. The molecule has 0 unspecified atom stereocenters. The minimum Gasteiger partial charge on any atom is -0.265 e. The third-order valence-corrected chi connectivity index (χ3v) is 1.36. The molecule has 0 aliphatic rings. The van der Waals surface area contributed by atoms with Crippen LogP contribution in [-0.4, -0.2) is 6.72 Å². The minimum atomic E-state index is -4.30. The Hall–Kier alpha value is -1.32. The molecule has 0 saturated carbocycles. The van der Waals surface area contributed by atoms with Crippen LogP contribution in [0.1, 0.15) is 5.56 Å². The molecule has 12 heavy (non-hydrogen) atoms. The van der Waals surface area contributed by atoms with Gasteiger partial charge in [0.15, 0.2) is 0 Å². The van der Waals surface area contributed by atoms with Crippen LogP contribution in [-0.2, 0) is 6.18 Å². The summed E-state index contributed by atoms with van der Waals surface area (Å²) >= 11 is 0. The van der Waals surface area contributed by atoms with E-state index in [1.807, 2.05) is 0 Å². The Labute approximate surface area is 67.6 Å². The number of rotatable bonds is 1. The summed E-state index contributed by atoms with van der Waals surface area (Å²) in [6.07, 6.45) is -4.30. The molecule has 0 aliphatic carbocycles. The molecule has 0 amide bonds. The van der Waals surface area contributed by atoms with Crippen LogP contribution in [0.5, 0.6) is 0 Å². The number of nitrogens with zero attached hydrogens (tertiary/aromatic N) is 1. The van der Waals surface area contributed by atoms with Crippen LogP contribution in [0.25, 0.3) is 0 Å². The van der Waals surface area contributed by atoms with Crippen molar-refractivity contribution in [3.63, 3.8) is 0 Å². The zero-order chi connectivity index (χ0) is 9.19. The molecule has 0 aromatic heterocycles. The highest BCUT2D eigenvalue weighted by molar-refractivity contribution is 5.47. The van der Waals surface area contributed by atoms with Crippen LogP contribution in [0.4, 0.5) is 18.9 Å². The van der Waals surface area contributed by atoms with E-state index in [4.69, 9.17) is 0 Å². The maximum absolute atomic E-state index is 12.0. The van der Waals surface area contributed by atoms with Crippen molar-refractivity contribution in [2.24, 2.45) is 4.99 Å². The van der Waals surface area contributed by atoms with E-state index in [1.54, 1.807) is 0 Å². The van der Waals surface area contributed by atoms with E-state index < -0.39 is 11.7 Å². The fraction of sp³-hybridized carbons (Fsp3) is 0.125. The first-order valence-electron chi connectivity index (χ1n) is 3.18. The summed E-state index contributed by atoms with van der Waals surface area (Å²) < 4.78 is 36.1. The van der Waals surface area contributed by atoms with Crippen LogP contribution in [0.15, 0.2) is 29.3 Å². The summed E-state index contributed by atoms with van der Waals surface area (Å²) in [5.74, 6) is 0. The van der Waals surface area contributed by atoms with E-state index in [0.29, 0.717) is 0 Å². The van der Waals surface area contributed by atoms with Gasteiger partial charge in [-0.05, 0) is 24.9 Å². The van der Waals surface area contributed by atoms with Crippen molar-refractivity contribution >= 4 is 12.4 Å². The van der Waals surface area contributed by atoms with Crippen molar-refractivity contribution < 1.29 is 13.2 Å². The molecule has 1 aromatic carbocycles. The summed E-state index contributed by atoms with van der Waals surface area (Å²) in [5, 5.41) is 0. The number of hydrogen-bond donors (Lipinski definition) is 0. The standard InChI is InChI=1S/C8H6F3N/c1-12-7-4-2-3-6(5-7)8(9,10)11/h2-5H,1H2. The Morgan fingerprint density at radius 1 is 1.25 bits per heavy atom. The van der Waals surface area contributed by atoms with E-state index in [9.17, 15) is 13.2 Å². The topological polar surface area (TPSA) is 12.4 Å². The molecule has 0 radical (unpaired) electrons. The molecule has 4 heteroatoms. The van der Waals surface area contributed by atoms with Gasteiger partial charge >= 0.3 is 6.18 Å². The Kier molecular flexibility index (Phi) is 2.17. The quantitative estimate of drug-likeness (QED) is 0.579. The molecule has 0 aliphatic heterocycles. The van der Waals surface area contributed by atoms with E-state index in [2.05, 4.69) is 11.7 Å². The van der Waals surface area contributed by atoms with Crippen molar-refractivity contribution in [1.29, 1.82) is 0 Å². The van der Waals surface area contributed by atoms with Gasteiger partial charge < -0.3 is 0 Å². The average Bonchev–Trinajstić information content (AvgIpc) is 2.03. The van der Waals surface area contributed by atoms with Gasteiger partial charge in [-0.25, -0.2) is 0 Å². The number of benzene rings is 1. The van der Waals surface area contributed by atoms with Gasteiger partial charge in [0, 0.05) is 0 Å². The number of alkyl halides is 3. The molecule has 0 heterocycles. The molecular formula is C8H6F3N. The Morgan fingerprint density at radius 2 is 1.92 bits per heavy atom. The van der Waals surface area contributed by atoms with Crippen molar-refractivity contribution in [1.82, 2.24) is 0 Å². The summed E-state index contributed by atoms with van der Waals surface area (Å²) in [7, 11) is 0. The first-order chi connectivity index (χ1) is 5.54. The molecule has 1 nitrogen and oxygen atoms in total. The molecule has 0 atom stereocenters. The van der Waals surface area contributed by atoms with Gasteiger partial charge in [-0.2, -0.15) is 13.2 Å². The van der Waals surface area contributed by atoms with Gasteiger partial charge in [-0.1, -0.05) is 6.07 Å². The molecular weight excluding hydrogens is 167 g/mol. The lowest BCUT2D eigenvalue weighted by Gasteiger charge is -2.05. The maximum atomic E-state index is 12.0. The lowest BCUT2D eigenvalue weighted by atomic mass is 10.2. The largest absolute Gasteiger partial charge is 0.416 e. The van der Waals surface area contributed by atoms with Gasteiger partial charge in [0.1, 0.15) is 0 Å². The summed E-state index contributed by atoms with van der Waals surface area (Å²) in [6.45, 7) is 3.14. The van der Waals surface area contributed by atoms with Crippen molar-refractivity contribution in [3.8, 4) is 0 Å². The van der Waals surface area contributed by atoms with E-state index in [1.165, 1.54) is 12.1 Å². The molecule has 1 rings (SSSR count). The zero-order valence-corrected chi connectivity index (χ0v) is 6.10. The van der Waals surface area contributed by atoms with Crippen molar-refractivity contribution in [3.05, 3.63) is 29.8 Å². The third-order valence-electron chi connectivity index (χ3n) is 1.36. The minimum absolute atomic E-state index is 0.227. The van der Waals surface area contributed by atoms with Crippen LogP contribution >= 0.6 is 0 Å². The zero-order valence-electron chi connectivity index (χ0n) is 6.10. The van der Waals surface area contributed by atoms with Gasteiger partial charge in [0.25, 0.3) is 0 Å². The highest BCUT2D eigenvalue weighted by Gasteiger charge is 2.30. The van der Waals surface area contributed by atoms with E-state index in [-0.39, 0.29) is 5.69 Å². The molecule has 1 aromatic rings. The van der Waals surface area contributed by atoms with Crippen LogP contribution in [0.2, 0.25) is 0 Å². The van der Waals surface area contributed by atoms with Gasteiger partial charge in [0.05, 0.1) is 11.3 Å². The van der Waals surface area contributed by atoms with Crippen molar-refractivity contribution in [2.45, 2.75) is 6.18 Å². The first-order valence-corrected chi connectivity index (χ1v) is 3.18. The van der Waals surface area contributed by atoms with Crippen LogP contribution in [0, 0.1) is 0 Å². The SMILES string of the molecule is C=Nc1cccc(C(F)(F)F)c1. The number of halogens is 3. The van der Waals surface area contributed by atoms with Crippen LogP contribution in [0.3, 0.4) is 0 Å². The molecule has 0 bridgehead atoms. The summed E-state index contributed by atoms with van der Waals surface area (Å²) in [6, 6.07) is 4.71. The Bertz CT molecular complexity index is 291. The molecule has 0 saturated heterocycles. The summed E-state index contributed by atoms with van der Waals surface area (Å²) in [5.41, 5.74) is -0.475. The van der Waals surface area contributed by atoms with Gasteiger partial charge in [0.2, 0.25) is 0 Å². The molecule has 0 spiro atoms. The van der Waals surface area contributed by atoms with E-state index in [0.717, 1.165) is 12.1 Å². The van der Waals surface area contributed by atoms with E-state index >= 15 is 0 Å². The Morgan fingerprint density at radius 3 is 2.42 bits per heavy atom. The highest BCUT2D eigenvalue weighted by Crippen LogP contribution is 2.31. The maximum Gasteiger partial charge on any atom is 0.416 e. The fourth-order valence-corrected chi connectivity index (χ4v) is 0.781. The molecule has 64 valence electrons. The lowest BCUT2D eigenvalue weighted by Crippen LogP contribution is -2.03. The molecule has 0 N–H and O–H groups in total. The van der Waals surface area contributed by atoms with Crippen LogP contribution < -0.4 is 0 Å². The third kappa shape index (κ3) is 1.84. The predicted octanol–water partition coefficient (Wildman–Crippen LogP) is 3.04. The number of hydrogen-bond acceptors (Lipinski definition) is 1. The second-order valence-electron chi connectivity index (χ2n) is 2.21.